The molecule has 36 heavy (non-hydrogen) atoms. The maximum Gasteiger partial charge on any atom is 0.338 e. The Kier molecular flexibility index (Phi) is 5.11. The van der Waals surface area contributed by atoms with E-state index in [-0.39, 0.29) is 18.1 Å². The minimum Gasteiger partial charge on any atom is -0.452 e. The first-order chi connectivity index (χ1) is 17.6. The molecule has 0 bridgehead atoms. The lowest BCUT2D eigenvalue weighted by atomic mass is 9.94. The van der Waals surface area contributed by atoms with E-state index in [0.29, 0.717) is 28.1 Å². The van der Waals surface area contributed by atoms with Gasteiger partial charge in [0, 0.05) is 22.1 Å². The number of carbonyl (C=O) groups is 3. The summed E-state index contributed by atoms with van der Waals surface area (Å²) in [6.45, 7) is -0.190. The lowest BCUT2D eigenvalue weighted by Crippen LogP contribution is -2.40. The normalized spacial score (nSPS) is 12.7. The van der Waals surface area contributed by atoms with Crippen molar-refractivity contribution in [1.29, 1.82) is 0 Å². The van der Waals surface area contributed by atoms with Gasteiger partial charge >= 0.3 is 5.97 Å². The van der Waals surface area contributed by atoms with Crippen LogP contribution < -0.4 is 4.90 Å². The molecule has 1 aromatic heterocycles. The molecule has 5 aromatic rings. The summed E-state index contributed by atoms with van der Waals surface area (Å²) >= 11 is 0. The van der Waals surface area contributed by atoms with Gasteiger partial charge in [0.2, 0.25) is 5.89 Å². The van der Waals surface area contributed by atoms with Gasteiger partial charge in [0.1, 0.15) is 0 Å². The van der Waals surface area contributed by atoms with Gasteiger partial charge in [0.15, 0.2) is 6.61 Å². The fourth-order valence-electron chi connectivity index (χ4n) is 4.23. The molecule has 8 nitrogen and oxygen atoms in total. The molecule has 6 rings (SSSR count). The van der Waals surface area contributed by atoms with Gasteiger partial charge in [-0.1, -0.05) is 42.5 Å². The summed E-state index contributed by atoms with van der Waals surface area (Å²) in [5, 5.41) is 9.37. The van der Waals surface area contributed by atoms with Crippen LogP contribution in [0.5, 0.6) is 0 Å². The van der Waals surface area contributed by atoms with Crippen LogP contribution in [-0.4, -0.2) is 28.0 Å². The number of hydrogen-bond donors (Lipinski definition) is 0. The Morgan fingerprint density at radius 1 is 0.778 bits per heavy atom. The zero-order valence-corrected chi connectivity index (χ0v) is 18.8. The van der Waals surface area contributed by atoms with Crippen LogP contribution in [0, 0.1) is 0 Å². The van der Waals surface area contributed by atoms with Crippen molar-refractivity contribution in [3.05, 3.63) is 114 Å². The van der Waals surface area contributed by atoms with Gasteiger partial charge < -0.3 is 9.15 Å². The highest BCUT2D eigenvalue weighted by Crippen LogP contribution is 2.32. The molecule has 4 aromatic carbocycles. The second-order valence-electron chi connectivity index (χ2n) is 8.14. The predicted molar refractivity (Wildman–Crippen MR) is 130 cm³/mol. The van der Waals surface area contributed by atoms with E-state index in [2.05, 4.69) is 10.2 Å². The summed E-state index contributed by atoms with van der Waals surface area (Å²) in [6, 6.07) is 26.1. The summed E-state index contributed by atoms with van der Waals surface area (Å²) in [6.07, 6.45) is 0. The monoisotopic (exact) mass is 475 g/mol. The van der Waals surface area contributed by atoms with Crippen molar-refractivity contribution in [2.45, 2.75) is 6.61 Å². The number of carbonyl (C=O) groups excluding carboxylic acids is 3. The highest BCUT2D eigenvalue weighted by Gasteiger charge is 2.33. The molecule has 1 aliphatic rings. The van der Waals surface area contributed by atoms with Crippen LogP contribution in [0.4, 0.5) is 5.69 Å². The highest BCUT2D eigenvalue weighted by atomic mass is 16.5. The molecule has 0 atom stereocenters. The molecule has 174 valence electrons. The maximum atomic E-state index is 13.2. The second kappa shape index (κ2) is 8.59. The molecule has 0 saturated heterocycles. The first kappa shape index (κ1) is 21.4. The van der Waals surface area contributed by atoms with E-state index in [1.54, 1.807) is 36.4 Å². The van der Waals surface area contributed by atoms with Gasteiger partial charge in [0.25, 0.3) is 17.7 Å². The molecule has 0 aliphatic carbocycles. The molecule has 0 unspecified atom stereocenters. The number of ether oxygens (including phenoxy) is 1. The number of nitrogens with zero attached hydrogens (tertiary/aromatic N) is 3. The summed E-state index contributed by atoms with van der Waals surface area (Å²) in [4.78, 5) is 40.0. The van der Waals surface area contributed by atoms with E-state index in [4.69, 9.17) is 9.15 Å². The largest absolute Gasteiger partial charge is 0.452 e. The van der Waals surface area contributed by atoms with E-state index in [1.807, 2.05) is 42.5 Å². The Morgan fingerprint density at radius 3 is 2.11 bits per heavy atom. The lowest BCUT2D eigenvalue weighted by Gasteiger charge is -2.27. The molecule has 0 N–H and O–H groups in total. The zero-order chi connectivity index (χ0) is 24.6. The summed E-state index contributed by atoms with van der Waals surface area (Å²) in [5.74, 6) is -0.932. The molecule has 0 spiro atoms. The molecular formula is C28H17N3O5. The first-order valence-electron chi connectivity index (χ1n) is 11.2. The Bertz CT molecular complexity index is 1590. The van der Waals surface area contributed by atoms with Crippen molar-refractivity contribution in [3.8, 4) is 11.5 Å². The van der Waals surface area contributed by atoms with Gasteiger partial charge in [-0.25, -0.2) is 9.69 Å². The van der Waals surface area contributed by atoms with Crippen LogP contribution in [0.3, 0.4) is 0 Å². The maximum absolute atomic E-state index is 13.2. The molecule has 2 heterocycles. The summed E-state index contributed by atoms with van der Waals surface area (Å²) in [7, 11) is 0. The topological polar surface area (TPSA) is 103 Å². The fourth-order valence-corrected chi connectivity index (χ4v) is 4.23. The average Bonchev–Trinajstić information content (AvgIpc) is 3.40. The number of anilines is 1. The van der Waals surface area contributed by atoms with Crippen LogP contribution in [0.15, 0.2) is 95.4 Å². The van der Waals surface area contributed by atoms with Crippen molar-refractivity contribution in [2.75, 3.05) is 4.90 Å². The van der Waals surface area contributed by atoms with Crippen LogP contribution in [0.1, 0.15) is 37.0 Å². The molecule has 8 heteroatoms. The Morgan fingerprint density at radius 2 is 1.44 bits per heavy atom. The number of aromatic nitrogens is 2. The van der Waals surface area contributed by atoms with Gasteiger partial charge in [0.05, 0.1) is 11.3 Å². The minimum absolute atomic E-state index is 0.163. The number of rotatable bonds is 5. The first-order valence-corrected chi connectivity index (χ1v) is 11.2. The van der Waals surface area contributed by atoms with E-state index in [1.165, 1.54) is 12.1 Å². The van der Waals surface area contributed by atoms with Gasteiger partial charge in [-0.3, -0.25) is 9.59 Å². The minimum atomic E-state index is -0.604. The lowest BCUT2D eigenvalue weighted by molar-refractivity contribution is 0.0438. The molecule has 0 fully saturated rings. The SMILES string of the molecule is O=C(OCc1nnc(-c2ccccc2)o1)c1ccc(N2C(=O)c3cccc4cccc(c34)C2=O)cc1. The van der Waals surface area contributed by atoms with Crippen LogP contribution in [0.2, 0.25) is 0 Å². The Labute approximate surface area is 204 Å². The van der Waals surface area contributed by atoms with Crippen LogP contribution >= 0.6 is 0 Å². The van der Waals surface area contributed by atoms with E-state index < -0.39 is 17.8 Å². The molecular weight excluding hydrogens is 458 g/mol. The van der Waals surface area contributed by atoms with Crippen LogP contribution in [-0.2, 0) is 11.3 Å². The van der Waals surface area contributed by atoms with E-state index in [0.717, 1.165) is 15.8 Å². The van der Waals surface area contributed by atoms with Crippen molar-refractivity contribution in [2.24, 2.45) is 0 Å². The third kappa shape index (κ3) is 3.61. The average molecular weight is 475 g/mol. The van der Waals surface area contributed by atoms with E-state index >= 15 is 0 Å². The van der Waals surface area contributed by atoms with E-state index in [9.17, 15) is 14.4 Å². The number of amides is 2. The van der Waals surface area contributed by atoms with Crippen molar-refractivity contribution < 1.29 is 23.5 Å². The van der Waals surface area contributed by atoms with Gasteiger partial charge in [-0.05, 0) is 53.9 Å². The number of imide groups is 1. The standard InChI is InChI=1S/C28H17N3O5/c32-26-21-10-4-8-17-9-5-11-22(24(17)21)27(33)31(26)20-14-12-19(13-15-20)28(34)35-16-23-29-30-25(36-23)18-6-2-1-3-7-18/h1-15H,16H2. The van der Waals surface area contributed by atoms with Crippen LogP contribution in [0.25, 0.3) is 22.2 Å². The molecule has 0 saturated carbocycles. The Balaban J connectivity index is 1.18. The van der Waals surface area contributed by atoms with Gasteiger partial charge in [-0.2, -0.15) is 0 Å². The number of hydrogen-bond acceptors (Lipinski definition) is 7. The Hall–Kier alpha value is -5.11. The van der Waals surface area contributed by atoms with Gasteiger partial charge in [-0.15, -0.1) is 10.2 Å². The fraction of sp³-hybridized carbons (Fsp3) is 0.0357. The third-order valence-electron chi connectivity index (χ3n) is 5.95. The van der Waals surface area contributed by atoms with Crippen molar-refractivity contribution >= 4 is 34.2 Å². The summed E-state index contributed by atoms with van der Waals surface area (Å²) in [5.41, 5.74) is 2.29. The molecule has 2 amide bonds. The molecule has 1 aliphatic heterocycles. The van der Waals surface area contributed by atoms with Crippen molar-refractivity contribution in [1.82, 2.24) is 10.2 Å². The number of esters is 1. The summed E-state index contributed by atoms with van der Waals surface area (Å²) < 4.78 is 10.8. The van der Waals surface area contributed by atoms with Crippen molar-refractivity contribution in [3.63, 3.8) is 0 Å². The number of benzene rings is 4. The smallest absolute Gasteiger partial charge is 0.338 e. The second-order valence-corrected chi connectivity index (χ2v) is 8.14. The predicted octanol–water partition coefficient (Wildman–Crippen LogP) is 5.05. The quantitative estimate of drug-likeness (QED) is 0.259. The third-order valence-corrected chi connectivity index (χ3v) is 5.95. The molecule has 0 radical (unpaired) electrons. The highest BCUT2D eigenvalue weighted by molar-refractivity contribution is 6.35. The zero-order valence-electron chi connectivity index (χ0n) is 18.8.